The molecule has 1 aliphatic heterocycles. The zero-order valence-corrected chi connectivity index (χ0v) is 18.4. The van der Waals surface area contributed by atoms with E-state index in [0.717, 1.165) is 10.7 Å². The minimum atomic E-state index is -4.66. The normalized spacial score (nSPS) is 13.7. The molecule has 0 bridgehead atoms. The first-order valence-corrected chi connectivity index (χ1v) is 10.4. The Morgan fingerprint density at radius 2 is 1.89 bits per heavy atom. The summed E-state index contributed by atoms with van der Waals surface area (Å²) in [6, 6.07) is 10.1. The van der Waals surface area contributed by atoms with Gasteiger partial charge in [-0.3, -0.25) is 9.48 Å². The smallest absolute Gasteiger partial charge is 0.415 e. The van der Waals surface area contributed by atoms with Crippen LogP contribution in [0.5, 0.6) is 0 Å². The van der Waals surface area contributed by atoms with Gasteiger partial charge in [0.25, 0.3) is 11.8 Å². The van der Waals surface area contributed by atoms with E-state index in [1.807, 2.05) is 0 Å². The van der Waals surface area contributed by atoms with Crippen molar-refractivity contribution in [1.82, 2.24) is 20.0 Å². The fourth-order valence-corrected chi connectivity index (χ4v) is 4.17. The first-order valence-electron chi connectivity index (χ1n) is 10.0. The molecule has 180 valence electrons. The van der Waals surface area contributed by atoms with E-state index >= 15 is 0 Å². The molecule has 0 saturated carbocycles. The number of halogens is 6. The molecule has 7 nitrogen and oxygen atoms in total. The molecule has 5 rings (SSSR count). The summed E-state index contributed by atoms with van der Waals surface area (Å²) in [5, 5.41) is 10.5. The zero-order chi connectivity index (χ0) is 25.1. The number of alkyl halides is 5. The number of anilines is 1. The summed E-state index contributed by atoms with van der Waals surface area (Å²) >= 11 is 6.38. The maximum Gasteiger partial charge on any atom is 0.435 e. The highest BCUT2D eigenvalue weighted by molar-refractivity contribution is 6.34. The first-order chi connectivity index (χ1) is 16.5. The van der Waals surface area contributed by atoms with Crippen LogP contribution in [0.1, 0.15) is 33.9 Å². The predicted octanol–water partition coefficient (Wildman–Crippen LogP) is 5.91. The fourth-order valence-electron chi connectivity index (χ4n) is 3.90. The third kappa shape index (κ3) is 3.93. The van der Waals surface area contributed by atoms with Gasteiger partial charge in [-0.15, -0.1) is 10.2 Å². The van der Waals surface area contributed by atoms with Gasteiger partial charge < -0.3 is 9.32 Å². The average molecular weight is 510 g/mol. The highest BCUT2D eigenvalue weighted by Crippen LogP contribution is 2.42. The molecule has 0 aliphatic carbocycles. The molecule has 0 radical (unpaired) electrons. The maximum atomic E-state index is 13.3. The van der Waals surface area contributed by atoms with Crippen LogP contribution in [-0.2, 0) is 19.8 Å². The molecule has 2 aromatic heterocycles. The van der Waals surface area contributed by atoms with Gasteiger partial charge in [0, 0.05) is 23.7 Å². The van der Waals surface area contributed by atoms with Crippen LogP contribution >= 0.6 is 11.6 Å². The van der Waals surface area contributed by atoms with E-state index in [2.05, 4.69) is 15.3 Å². The quantitative estimate of drug-likeness (QED) is 0.320. The van der Waals surface area contributed by atoms with E-state index in [1.54, 1.807) is 24.3 Å². The molecule has 0 atom stereocenters. The third-order valence-corrected chi connectivity index (χ3v) is 5.81. The highest BCUT2D eigenvalue weighted by atomic mass is 35.5. The Bertz CT molecular complexity index is 1460. The van der Waals surface area contributed by atoms with Crippen molar-refractivity contribution in [2.75, 3.05) is 4.90 Å². The minimum absolute atomic E-state index is 0.0766. The van der Waals surface area contributed by atoms with Crippen LogP contribution in [-0.4, -0.2) is 25.9 Å². The van der Waals surface area contributed by atoms with Gasteiger partial charge in [0.2, 0.25) is 5.89 Å². The van der Waals surface area contributed by atoms with Gasteiger partial charge in [0.15, 0.2) is 5.69 Å². The van der Waals surface area contributed by atoms with Crippen molar-refractivity contribution in [3.63, 3.8) is 0 Å². The molecule has 1 aliphatic rings. The molecule has 2 aromatic carbocycles. The highest BCUT2D eigenvalue weighted by Gasteiger charge is 2.36. The van der Waals surface area contributed by atoms with Gasteiger partial charge in [-0.1, -0.05) is 23.7 Å². The molecule has 4 aromatic rings. The standard InChI is InChI=1S/C22H13ClF5N5O2/c1-32-15(8-16(31-32)22(26,27)28)17-13(23)3-2-4-14(17)33-9-11-6-5-10(7-12(11)21(33)34)19-29-30-20(35-19)18(24)25/h2-8,18H,9H2,1H3. The molecular weight excluding hydrogens is 497 g/mol. The maximum absolute atomic E-state index is 13.3. The van der Waals surface area contributed by atoms with Crippen molar-refractivity contribution >= 4 is 23.2 Å². The van der Waals surface area contributed by atoms with Crippen LogP contribution in [0.3, 0.4) is 0 Å². The van der Waals surface area contributed by atoms with E-state index < -0.39 is 30.1 Å². The van der Waals surface area contributed by atoms with Crippen molar-refractivity contribution in [3.05, 3.63) is 70.2 Å². The Morgan fingerprint density at radius 3 is 2.54 bits per heavy atom. The van der Waals surface area contributed by atoms with E-state index in [0.29, 0.717) is 5.56 Å². The zero-order valence-electron chi connectivity index (χ0n) is 17.6. The molecule has 3 heterocycles. The number of nitrogens with zero attached hydrogens (tertiary/aromatic N) is 5. The Labute approximate surface area is 198 Å². The van der Waals surface area contributed by atoms with Crippen LogP contribution in [0.25, 0.3) is 22.7 Å². The average Bonchev–Trinajstić information content (AvgIpc) is 3.51. The van der Waals surface area contributed by atoms with Crippen molar-refractivity contribution in [2.45, 2.75) is 19.1 Å². The molecule has 1 amide bonds. The van der Waals surface area contributed by atoms with Gasteiger partial charge >= 0.3 is 12.6 Å². The number of amides is 1. The predicted molar refractivity (Wildman–Crippen MR) is 114 cm³/mol. The number of aryl methyl sites for hydroxylation is 1. The van der Waals surface area contributed by atoms with Crippen LogP contribution in [0.4, 0.5) is 27.6 Å². The number of benzene rings is 2. The molecule has 0 fully saturated rings. The van der Waals surface area contributed by atoms with E-state index in [-0.39, 0.29) is 45.5 Å². The molecule has 0 spiro atoms. The van der Waals surface area contributed by atoms with Crippen LogP contribution < -0.4 is 4.90 Å². The molecule has 0 N–H and O–H groups in total. The minimum Gasteiger partial charge on any atom is -0.415 e. The summed E-state index contributed by atoms with van der Waals surface area (Å²) in [7, 11) is 1.35. The lowest BCUT2D eigenvalue weighted by Crippen LogP contribution is -2.24. The summed E-state index contributed by atoms with van der Waals surface area (Å²) in [6.07, 6.45) is -7.60. The third-order valence-electron chi connectivity index (χ3n) is 5.50. The summed E-state index contributed by atoms with van der Waals surface area (Å²) in [5.74, 6) is -1.48. The van der Waals surface area contributed by atoms with Crippen molar-refractivity contribution in [1.29, 1.82) is 0 Å². The van der Waals surface area contributed by atoms with E-state index in [1.165, 1.54) is 24.1 Å². The molecule has 13 heteroatoms. The van der Waals surface area contributed by atoms with Crippen LogP contribution in [0.15, 0.2) is 46.9 Å². The molecule has 0 unspecified atom stereocenters. The van der Waals surface area contributed by atoms with Gasteiger partial charge in [-0.25, -0.2) is 0 Å². The number of fused-ring (bicyclic) bond motifs is 1. The van der Waals surface area contributed by atoms with Crippen molar-refractivity contribution in [2.24, 2.45) is 7.05 Å². The van der Waals surface area contributed by atoms with Gasteiger partial charge in [-0.05, 0) is 35.9 Å². The topological polar surface area (TPSA) is 77.1 Å². The second kappa shape index (κ2) is 8.15. The Morgan fingerprint density at radius 1 is 1.11 bits per heavy atom. The second-order valence-corrected chi connectivity index (χ2v) is 8.09. The van der Waals surface area contributed by atoms with E-state index in [4.69, 9.17) is 16.0 Å². The van der Waals surface area contributed by atoms with Gasteiger partial charge in [0.1, 0.15) is 0 Å². The number of hydrogen-bond acceptors (Lipinski definition) is 5. The van der Waals surface area contributed by atoms with Gasteiger partial charge in [-0.2, -0.15) is 27.1 Å². The summed E-state index contributed by atoms with van der Waals surface area (Å²) in [6.45, 7) is 0.109. The summed E-state index contributed by atoms with van der Waals surface area (Å²) in [4.78, 5) is 14.7. The monoisotopic (exact) mass is 509 g/mol. The Hall–Kier alpha value is -3.80. The number of aromatic nitrogens is 4. The number of hydrogen-bond donors (Lipinski definition) is 0. The largest absolute Gasteiger partial charge is 0.435 e. The Kier molecular flexibility index (Phi) is 5.35. The lowest BCUT2D eigenvalue weighted by Gasteiger charge is -2.21. The first kappa shape index (κ1) is 23.0. The van der Waals surface area contributed by atoms with Crippen LogP contribution in [0.2, 0.25) is 5.02 Å². The number of rotatable bonds is 4. The number of carbonyl (C=O) groups is 1. The van der Waals surface area contributed by atoms with Crippen molar-refractivity contribution in [3.8, 4) is 22.7 Å². The van der Waals surface area contributed by atoms with Gasteiger partial charge in [0.05, 0.1) is 22.9 Å². The van der Waals surface area contributed by atoms with Crippen LogP contribution in [0, 0.1) is 0 Å². The lowest BCUT2D eigenvalue weighted by atomic mass is 10.1. The summed E-state index contributed by atoms with van der Waals surface area (Å²) in [5.41, 5.74) is 0.614. The lowest BCUT2D eigenvalue weighted by molar-refractivity contribution is -0.141. The SMILES string of the molecule is Cn1nc(C(F)(F)F)cc1-c1c(Cl)cccc1N1Cc2ccc(-c3nnc(C(F)F)o3)cc2C1=O. The molecule has 0 saturated heterocycles. The second-order valence-electron chi connectivity index (χ2n) is 7.68. The molecular formula is C22H13ClF5N5O2. The summed E-state index contributed by atoms with van der Waals surface area (Å²) < 4.78 is 71.3. The number of carbonyl (C=O) groups excluding carboxylic acids is 1. The van der Waals surface area contributed by atoms with E-state index in [9.17, 15) is 26.7 Å². The fraction of sp³-hybridized carbons (Fsp3) is 0.182. The Balaban J connectivity index is 1.55. The molecule has 35 heavy (non-hydrogen) atoms. The van der Waals surface area contributed by atoms with Crippen molar-refractivity contribution < 1.29 is 31.2 Å².